The average Bonchev–Trinajstić information content (AvgIpc) is 2.47. The number of rotatable bonds is 4. The summed E-state index contributed by atoms with van der Waals surface area (Å²) in [6.45, 7) is 1.79. The lowest BCUT2D eigenvalue weighted by atomic mass is 10.2. The molecule has 0 radical (unpaired) electrons. The van der Waals surface area contributed by atoms with Gasteiger partial charge in [-0.3, -0.25) is 10.1 Å². The lowest BCUT2D eigenvalue weighted by molar-refractivity contribution is -0.384. The Morgan fingerprint density at radius 1 is 1.05 bits per heavy atom. The summed E-state index contributed by atoms with van der Waals surface area (Å²) >= 11 is 0. The number of aryl methyl sites for hydroxylation is 1. The maximum Gasteiger partial charge on any atom is 0.354 e. The fourth-order valence-electron chi connectivity index (χ4n) is 1.62. The number of carbonyl (C=O) groups is 1. The van der Waals surface area contributed by atoms with Crippen molar-refractivity contribution in [1.82, 2.24) is 0 Å². The Morgan fingerprint density at radius 3 is 2.09 bits per heavy atom. The largest absolute Gasteiger partial charge is 0.354 e. The van der Waals surface area contributed by atoms with E-state index in [1.165, 1.54) is 12.1 Å². The van der Waals surface area contributed by atoms with Crippen molar-refractivity contribution in [3.63, 3.8) is 0 Å². The molecule has 0 saturated carbocycles. The Morgan fingerprint density at radius 2 is 1.59 bits per heavy atom. The lowest BCUT2D eigenvalue weighted by Crippen LogP contribution is -2.13. The number of carbonyl (C=O) groups excluding carboxylic acids is 1. The van der Waals surface area contributed by atoms with E-state index in [4.69, 9.17) is 0 Å². The lowest BCUT2D eigenvalue weighted by Gasteiger charge is -2.06. The van der Waals surface area contributed by atoms with Crippen LogP contribution in [0.1, 0.15) is 15.9 Å². The molecule has 0 atom stereocenters. The molecule has 0 heterocycles. The van der Waals surface area contributed by atoms with E-state index < -0.39 is 21.0 Å². The number of non-ortho nitro benzene ring substituents is 1. The summed E-state index contributed by atoms with van der Waals surface area (Å²) in [4.78, 5) is 21.6. The van der Waals surface area contributed by atoms with Crippen LogP contribution in [0.25, 0.3) is 0 Å². The number of nitro benzene ring substituents is 1. The summed E-state index contributed by atoms with van der Waals surface area (Å²) in [5, 5.41) is 10.5. The van der Waals surface area contributed by atoms with Gasteiger partial charge >= 0.3 is 16.1 Å². The molecule has 0 aliphatic carbocycles. The van der Waals surface area contributed by atoms with E-state index in [-0.39, 0.29) is 16.1 Å². The molecular formula is C14H11NO6S. The van der Waals surface area contributed by atoms with Crippen molar-refractivity contribution in [3.05, 3.63) is 69.8 Å². The van der Waals surface area contributed by atoms with Gasteiger partial charge in [0.1, 0.15) is 4.90 Å². The average molecular weight is 321 g/mol. The molecule has 2 aromatic rings. The van der Waals surface area contributed by atoms with E-state index in [2.05, 4.69) is 4.18 Å². The Bertz CT molecular complexity index is 809. The molecule has 0 aliphatic rings. The Hall–Kier alpha value is -2.74. The minimum absolute atomic E-state index is 0.0960. The number of nitrogens with zero attached hydrogens (tertiary/aromatic N) is 1. The van der Waals surface area contributed by atoms with Crippen molar-refractivity contribution in [2.75, 3.05) is 0 Å². The first-order chi connectivity index (χ1) is 10.3. The maximum absolute atomic E-state index is 12.0. The summed E-state index contributed by atoms with van der Waals surface area (Å²) in [6.07, 6.45) is 0. The van der Waals surface area contributed by atoms with Gasteiger partial charge in [0, 0.05) is 12.1 Å². The predicted octanol–water partition coefficient (Wildman–Crippen LogP) is 2.45. The molecule has 0 amide bonds. The van der Waals surface area contributed by atoms with Crippen LogP contribution in [0.2, 0.25) is 0 Å². The third-order valence-corrected chi connectivity index (χ3v) is 4.03. The second-order valence-electron chi connectivity index (χ2n) is 4.44. The Kier molecular flexibility index (Phi) is 4.22. The minimum atomic E-state index is -4.23. The molecule has 0 aliphatic heterocycles. The van der Waals surface area contributed by atoms with Crippen LogP contribution in [0, 0.1) is 17.0 Å². The van der Waals surface area contributed by atoms with Crippen LogP contribution >= 0.6 is 0 Å². The molecule has 0 unspecified atom stereocenters. The number of hydrogen-bond acceptors (Lipinski definition) is 6. The SMILES string of the molecule is Cc1ccc(S(=O)(=O)OC(=O)c2ccc([N+](=O)[O-])cc2)cc1. The van der Waals surface area contributed by atoms with E-state index in [1.54, 1.807) is 19.1 Å². The quantitative estimate of drug-likeness (QED) is 0.487. The van der Waals surface area contributed by atoms with Gasteiger partial charge in [-0.05, 0) is 31.2 Å². The first kappa shape index (κ1) is 15.6. The van der Waals surface area contributed by atoms with Crippen molar-refractivity contribution < 1.29 is 22.3 Å². The minimum Gasteiger partial charge on any atom is -0.338 e. The van der Waals surface area contributed by atoms with Gasteiger partial charge < -0.3 is 4.18 Å². The van der Waals surface area contributed by atoms with Crippen molar-refractivity contribution in [2.24, 2.45) is 0 Å². The highest BCUT2D eigenvalue weighted by atomic mass is 32.2. The van der Waals surface area contributed by atoms with Crippen LogP contribution in [0.15, 0.2) is 53.4 Å². The number of nitro groups is 1. The smallest absolute Gasteiger partial charge is 0.338 e. The summed E-state index contributed by atoms with van der Waals surface area (Å²) < 4.78 is 28.4. The van der Waals surface area contributed by atoms with E-state index in [0.29, 0.717) is 0 Å². The summed E-state index contributed by atoms with van der Waals surface area (Å²) in [6, 6.07) is 10.3. The van der Waals surface area contributed by atoms with Crippen molar-refractivity contribution >= 4 is 21.8 Å². The normalized spacial score (nSPS) is 11.0. The molecule has 0 fully saturated rings. The zero-order chi connectivity index (χ0) is 16.3. The molecule has 114 valence electrons. The van der Waals surface area contributed by atoms with Crippen LogP contribution in [-0.4, -0.2) is 19.3 Å². The Balaban J connectivity index is 2.20. The first-order valence-corrected chi connectivity index (χ1v) is 7.50. The van der Waals surface area contributed by atoms with Crippen LogP contribution in [0.4, 0.5) is 5.69 Å². The molecule has 2 aromatic carbocycles. The molecule has 2 rings (SSSR count). The molecular weight excluding hydrogens is 310 g/mol. The second-order valence-corrected chi connectivity index (χ2v) is 5.99. The standard InChI is InChI=1S/C14H11NO6S/c1-10-2-8-13(9-3-10)22(19,20)21-14(16)11-4-6-12(7-5-11)15(17)18/h2-9H,1H3. The third-order valence-electron chi connectivity index (χ3n) is 2.81. The van der Waals surface area contributed by atoms with Gasteiger partial charge in [-0.25, -0.2) is 4.79 Å². The highest BCUT2D eigenvalue weighted by Gasteiger charge is 2.21. The molecule has 8 heteroatoms. The van der Waals surface area contributed by atoms with Gasteiger partial charge in [0.25, 0.3) is 5.69 Å². The van der Waals surface area contributed by atoms with E-state index in [1.807, 2.05) is 0 Å². The summed E-state index contributed by atoms with van der Waals surface area (Å²) in [5.41, 5.74) is 0.555. The van der Waals surface area contributed by atoms with Crippen LogP contribution in [0.3, 0.4) is 0 Å². The van der Waals surface area contributed by atoms with Gasteiger partial charge in [-0.2, -0.15) is 8.42 Å². The summed E-state index contributed by atoms with van der Waals surface area (Å²) in [7, 11) is -4.23. The van der Waals surface area contributed by atoms with Gasteiger partial charge in [0.05, 0.1) is 10.5 Å². The molecule has 0 spiro atoms. The van der Waals surface area contributed by atoms with Crippen molar-refractivity contribution in [2.45, 2.75) is 11.8 Å². The monoisotopic (exact) mass is 321 g/mol. The maximum atomic E-state index is 12.0. The van der Waals surface area contributed by atoms with Crippen molar-refractivity contribution in [1.29, 1.82) is 0 Å². The first-order valence-electron chi connectivity index (χ1n) is 6.09. The fourth-order valence-corrected chi connectivity index (χ4v) is 2.48. The molecule has 22 heavy (non-hydrogen) atoms. The van der Waals surface area contributed by atoms with Gasteiger partial charge in [-0.1, -0.05) is 17.7 Å². The van der Waals surface area contributed by atoms with Gasteiger partial charge in [0.2, 0.25) is 0 Å². The molecule has 0 N–H and O–H groups in total. The molecule has 0 aromatic heterocycles. The fraction of sp³-hybridized carbons (Fsp3) is 0.0714. The van der Waals surface area contributed by atoms with Crippen molar-refractivity contribution in [3.8, 4) is 0 Å². The molecule has 7 nitrogen and oxygen atoms in total. The van der Waals surface area contributed by atoms with E-state index in [9.17, 15) is 23.3 Å². The molecule has 0 bridgehead atoms. The van der Waals surface area contributed by atoms with Crippen LogP contribution in [0.5, 0.6) is 0 Å². The second kappa shape index (κ2) is 5.94. The number of hydrogen-bond donors (Lipinski definition) is 0. The van der Waals surface area contributed by atoms with Gasteiger partial charge in [-0.15, -0.1) is 0 Å². The Labute approximate surface area is 126 Å². The zero-order valence-electron chi connectivity index (χ0n) is 11.4. The van der Waals surface area contributed by atoms with E-state index in [0.717, 1.165) is 29.8 Å². The number of benzene rings is 2. The zero-order valence-corrected chi connectivity index (χ0v) is 12.2. The third kappa shape index (κ3) is 3.47. The van der Waals surface area contributed by atoms with Crippen LogP contribution in [-0.2, 0) is 14.3 Å². The van der Waals surface area contributed by atoms with E-state index >= 15 is 0 Å². The highest BCUT2D eigenvalue weighted by molar-refractivity contribution is 7.87. The van der Waals surface area contributed by atoms with Crippen LogP contribution < -0.4 is 0 Å². The van der Waals surface area contributed by atoms with Gasteiger partial charge in [0.15, 0.2) is 0 Å². The molecule has 0 saturated heterocycles. The topological polar surface area (TPSA) is 104 Å². The summed E-state index contributed by atoms with van der Waals surface area (Å²) in [5.74, 6) is -1.10. The predicted molar refractivity (Wildman–Crippen MR) is 76.9 cm³/mol. The highest BCUT2D eigenvalue weighted by Crippen LogP contribution is 2.17.